The van der Waals surface area contributed by atoms with Gasteiger partial charge in [-0.1, -0.05) is 52.0 Å². The summed E-state index contributed by atoms with van der Waals surface area (Å²) in [5.41, 5.74) is 2.23. The summed E-state index contributed by atoms with van der Waals surface area (Å²) in [6, 6.07) is 16.3. The van der Waals surface area contributed by atoms with Gasteiger partial charge in [0.25, 0.3) is 0 Å². The molecule has 0 fully saturated rings. The summed E-state index contributed by atoms with van der Waals surface area (Å²) in [5, 5.41) is 9.76. The van der Waals surface area contributed by atoms with Gasteiger partial charge in [0.1, 0.15) is 5.75 Å². The van der Waals surface area contributed by atoms with Crippen molar-refractivity contribution in [2.24, 2.45) is 0 Å². The molecule has 0 aliphatic carbocycles. The molecule has 0 saturated heterocycles. The Kier molecular flexibility index (Phi) is 6.15. The van der Waals surface area contributed by atoms with Crippen molar-refractivity contribution in [3.05, 3.63) is 58.6 Å². The largest absolute Gasteiger partial charge is 0.493 e. The van der Waals surface area contributed by atoms with Crippen LogP contribution in [0.1, 0.15) is 19.4 Å². The third kappa shape index (κ3) is 4.25. The van der Waals surface area contributed by atoms with Gasteiger partial charge < -0.3 is 9.30 Å². The summed E-state index contributed by atoms with van der Waals surface area (Å²) in [6.45, 7) is 5.53. The molecule has 0 spiro atoms. The lowest BCUT2D eigenvalue weighted by Crippen LogP contribution is -2.02. The second-order valence-electron chi connectivity index (χ2n) is 5.40. The van der Waals surface area contributed by atoms with Crippen molar-refractivity contribution in [3.63, 3.8) is 0 Å². The highest BCUT2D eigenvalue weighted by molar-refractivity contribution is 9.10. The van der Waals surface area contributed by atoms with Crippen LogP contribution >= 0.6 is 27.7 Å². The normalized spacial score (nSPS) is 10.8. The summed E-state index contributed by atoms with van der Waals surface area (Å²) in [4.78, 5) is 0. The lowest BCUT2D eigenvalue weighted by Gasteiger charge is -2.11. The van der Waals surface area contributed by atoms with Gasteiger partial charge in [-0.05, 0) is 43.7 Å². The number of nitrogens with zero attached hydrogens (tertiary/aromatic N) is 3. The molecule has 3 rings (SSSR count). The van der Waals surface area contributed by atoms with Gasteiger partial charge in [0.2, 0.25) is 0 Å². The van der Waals surface area contributed by atoms with E-state index < -0.39 is 0 Å². The van der Waals surface area contributed by atoms with Crippen molar-refractivity contribution in [2.75, 3.05) is 6.61 Å². The molecule has 0 N–H and O–H groups in total. The van der Waals surface area contributed by atoms with Gasteiger partial charge in [-0.15, -0.1) is 10.2 Å². The molecule has 25 heavy (non-hydrogen) atoms. The summed E-state index contributed by atoms with van der Waals surface area (Å²) in [6.07, 6.45) is 0. The predicted octanol–water partition coefficient (Wildman–Crippen LogP) is 5.42. The fourth-order valence-electron chi connectivity index (χ4n) is 2.59. The molecule has 1 aromatic heterocycles. The number of thioether (sulfide) groups is 1. The first-order chi connectivity index (χ1) is 12.2. The van der Waals surface area contributed by atoms with Crippen molar-refractivity contribution in [1.82, 2.24) is 14.8 Å². The summed E-state index contributed by atoms with van der Waals surface area (Å²) in [5.74, 6) is 2.55. The maximum absolute atomic E-state index is 5.75. The lowest BCUT2D eigenvalue weighted by atomic mass is 10.2. The van der Waals surface area contributed by atoms with Gasteiger partial charge in [-0.25, -0.2) is 0 Å². The molecule has 1 heterocycles. The van der Waals surface area contributed by atoms with Crippen molar-refractivity contribution in [2.45, 2.75) is 31.3 Å². The van der Waals surface area contributed by atoms with Crippen LogP contribution in [0.2, 0.25) is 0 Å². The fraction of sp³-hybridized carbons (Fsp3) is 0.263. The van der Waals surface area contributed by atoms with Gasteiger partial charge >= 0.3 is 0 Å². The minimum Gasteiger partial charge on any atom is -0.493 e. The minimum absolute atomic E-state index is 0.627. The average molecular weight is 418 g/mol. The maximum atomic E-state index is 5.75. The molecule has 0 saturated carbocycles. The topological polar surface area (TPSA) is 39.9 Å². The van der Waals surface area contributed by atoms with E-state index in [0.717, 1.165) is 39.1 Å². The van der Waals surface area contributed by atoms with Gasteiger partial charge in [-0.3, -0.25) is 0 Å². The van der Waals surface area contributed by atoms with Crippen LogP contribution in [0.3, 0.4) is 0 Å². The highest BCUT2D eigenvalue weighted by Crippen LogP contribution is 2.32. The molecule has 2 aromatic carbocycles. The van der Waals surface area contributed by atoms with Gasteiger partial charge in [0.15, 0.2) is 11.0 Å². The standard InChI is InChI=1S/C19H20BrN3OS/c1-3-23-18(16-10-5-6-11-17(16)24-4-2)21-22-19(23)25-13-14-8-7-9-15(20)12-14/h5-12H,3-4,13H2,1-2H3. The van der Waals surface area contributed by atoms with Crippen molar-refractivity contribution < 1.29 is 4.74 Å². The third-order valence-electron chi connectivity index (χ3n) is 3.72. The van der Waals surface area contributed by atoms with Crippen molar-refractivity contribution >= 4 is 27.7 Å². The predicted molar refractivity (Wildman–Crippen MR) is 106 cm³/mol. The lowest BCUT2D eigenvalue weighted by molar-refractivity contribution is 0.341. The number of hydrogen-bond donors (Lipinski definition) is 0. The van der Waals surface area contributed by atoms with Gasteiger partial charge in [-0.2, -0.15) is 0 Å². The van der Waals surface area contributed by atoms with E-state index in [1.165, 1.54) is 5.56 Å². The Bertz CT molecular complexity index is 850. The van der Waals surface area contributed by atoms with E-state index in [1.807, 2.05) is 43.3 Å². The molecule has 0 bridgehead atoms. The number of rotatable bonds is 7. The van der Waals surface area contributed by atoms with E-state index in [2.05, 4.69) is 49.8 Å². The quantitative estimate of drug-likeness (QED) is 0.481. The zero-order chi connectivity index (χ0) is 17.6. The first kappa shape index (κ1) is 18.0. The third-order valence-corrected chi connectivity index (χ3v) is 5.25. The SMILES string of the molecule is CCOc1ccccc1-c1nnc(SCc2cccc(Br)c2)n1CC. The van der Waals surface area contributed by atoms with E-state index in [0.29, 0.717) is 6.61 Å². The van der Waals surface area contributed by atoms with Crippen LogP contribution in [0.5, 0.6) is 5.75 Å². The molecule has 0 unspecified atom stereocenters. The van der Waals surface area contributed by atoms with Gasteiger partial charge in [0, 0.05) is 16.8 Å². The molecular formula is C19H20BrN3OS. The molecule has 0 radical (unpaired) electrons. The van der Waals surface area contributed by atoms with E-state index in [1.54, 1.807) is 11.8 Å². The Morgan fingerprint density at radius 3 is 2.68 bits per heavy atom. The van der Waals surface area contributed by atoms with E-state index in [-0.39, 0.29) is 0 Å². The molecule has 0 aliphatic heterocycles. The Morgan fingerprint density at radius 2 is 1.92 bits per heavy atom. The highest BCUT2D eigenvalue weighted by atomic mass is 79.9. The molecule has 0 amide bonds. The number of aromatic nitrogens is 3. The number of halogens is 1. The Morgan fingerprint density at radius 1 is 1.08 bits per heavy atom. The van der Waals surface area contributed by atoms with Gasteiger partial charge in [0.05, 0.1) is 12.2 Å². The molecule has 4 nitrogen and oxygen atoms in total. The van der Waals surface area contributed by atoms with Crippen LogP contribution in [0.25, 0.3) is 11.4 Å². The summed E-state index contributed by atoms with van der Waals surface area (Å²) >= 11 is 5.21. The number of benzene rings is 2. The van der Waals surface area contributed by atoms with Crippen LogP contribution in [-0.4, -0.2) is 21.4 Å². The summed E-state index contributed by atoms with van der Waals surface area (Å²) < 4.78 is 8.98. The molecular weight excluding hydrogens is 398 g/mol. The number of para-hydroxylation sites is 1. The zero-order valence-electron chi connectivity index (χ0n) is 14.3. The molecule has 0 aliphatic rings. The van der Waals surface area contributed by atoms with Crippen LogP contribution in [0.4, 0.5) is 0 Å². The Balaban J connectivity index is 1.86. The smallest absolute Gasteiger partial charge is 0.191 e. The molecule has 130 valence electrons. The first-order valence-corrected chi connectivity index (χ1v) is 10.0. The van der Waals surface area contributed by atoms with Crippen LogP contribution in [-0.2, 0) is 12.3 Å². The van der Waals surface area contributed by atoms with Crippen LogP contribution in [0.15, 0.2) is 58.2 Å². The molecule has 3 aromatic rings. The average Bonchev–Trinajstić information content (AvgIpc) is 3.03. The number of hydrogen-bond acceptors (Lipinski definition) is 4. The maximum Gasteiger partial charge on any atom is 0.191 e. The van der Waals surface area contributed by atoms with E-state index >= 15 is 0 Å². The first-order valence-electron chi connectivity index (χ1n) is 8.25. The highest BCUT2D eigenvalue weighted by Gasteiger charge is 2.16. The second-order valence-corrected chi connectivity index (χ2v) is 7.26. The van der Waals surface area contributed by atoms with Crippen molar-refractivity contribution in [3.8, 4) is 17.1 Å². The Hall–Kier alpha value is -1.79. The van der Waals surface area contributed by atoms with Crippen LogP contribution < -0.4 is 4.74 Å². The van der Waals surface area contributed by atoms with Crippen LogP contribution in [0, 0.1) is 0 Å². The second kappa shape index (κ2) is 8.54. The van der Waals surface area contributed by atoms with Crippen molar-refractivity contribution in [1.29, 1.82) is 0 Å². The zero-order valence-corrected chi connectivity index (χ0v) is 16.7. The Labute approximate surface area is 160 Å². The van der Waals surface area contributed by atoms with E-state index in [4.69, 9.17) is 4.74 Å². The molecule has 0 atom stereocenters. The van der Waals surface area contributed by atoms with E-state index in [9.17, 15) is 0 Å². The number of ether oxygens (including phenoxy) is 1. The molecule has 6 heteroatoms. The minimum atomic E-state index is 0.627. The fourth-order valence-corrected chi connectivity index (χ4v) is 3.98. The summed E-state index contributed by atoms with van der Waals surface area (Å²) in [7, 11) is 0. The monoisotopic (exact) mass is 417 g/mol.